The van der Waals surface area contributed by atoms with Gasteiger partial charge in [-0.2, -0.15) is 0 Å². The Morgan fingerprint density at radius 2 is 2.35 bits per heavy atom. The van der Waals surface area contributed by atoms with E-state index in [4.69, 9.17) is 9.52 Å². The zero-order valence-corrected chi connectivity index (χ0v) is 9.08. The van der Waals surface area contributed by atoms with E-state index in [1.165, 1.54) is 16.8 Å². The van der Waals surface area contributed by atoms with Crippen LogP contribution in [0.15, 0.2) is 33.7 Å². The summed E-state index contributed by atoms with van der Waals surface area (Å²) < 4.78 is 6.60. The Balaban J connectivity index is 2.32. The average Bonchev–Trinajstić information content (AvgIpc) is 2.63. The van der Waals surface area contributed by atoms with Crippen molar-refractivity contribution in [2.45, 2.75) is 13.5 Å². The summed E-state index contributed by atoms with van der Waals surface area (Å²) in [7, 11) is 0. The van der Waals surface area contributed by atoms with Gasteiger partial charge in [0.1, 0.15) is 17.1 Å². The molecule has 0 fully saturated rings. The molecule has 0 spiro atoms. The Labute approximate surface area is 96.1 Å². The van der Waals surface area contributed by atoms with Crippen LogP contribution in [0.25, 0.3) is 0 Å². The van der Waals surface area contributed by atoms with Gasteiger partial charge in [-0.3, -0.25) is 4.57 Å². The number of hydrogen-bond acceptors (Lipinski definition) is 4. The van der Waals surface area contributed by atoms with E-state index in [0.717, 1.165) is 0 Å². The van der Waals surface area contributed by atoms with Gasteiger partial charge in [0, 0.05) is 12.4 Å². The second kappa shape index (κ2) is 4.25. The Morgan fingerprint density at radius 3 is 2.94 bits per heavy atom. The molecule has 0 amide bonds. The quantitative estimate of drug-likeness (QED) is 0.852. The van der Waals surface area contributed by atoms with Crippen molar-refractivity contribution in [2.24, 2.45) is 0 Å². The van der Waals surface area contributed by atoms with Crippen molar-refractivity contribution >= 4 is 5.97 Å². The lowest BCUT2D eigenvalue weighted by molar-refractivity contribution is 0.0695. The van der Waals surface area contributed by atoms with Gasteiger partial charge >= 0.3 is 11.7 Å². The number of carboxylic acids is 1. The molecule has 17 heavy (non-hydrogen) atoms. The van der Waals surface area contributed by atoms with E-state index >= 15 is 0 Å². The second-order valence-electron chi connectivity index (χ2n) is 3.52. The molecule has 88 valence electrons. The van der Waals surface area contributed by atoms with E-state index in [-0.39, 0.29) is 12.1 Å². The molecule has 2 aromatic heterocycles. The van der Waals surface area contributed by atoms with Crippen molar-refractivity contribution in [1.29, 1.82) is 0 Å². The maximum atomic E-state index is 11.3. The average molecular weight is 234 g/mol. The van der Waals surface area contributed by atoms with Crippen LogP contribution in [0.3, 0.4) is 0 Å². The lowest BCUT2D eigenvalue weighted by Crippen LogP contribution is -2.21. The van der Waals surface area contributed by atoms with Crippen molar-refractivity contribution in [3.63, 3.8) is 0 Å². The zero-order chi connectivity index (χ0) is 12.4. The summed E-state index contributed by atoms with van der Waals surface area (Å²) in [4.78, 5) is 25.7. The van der Waals surface area contributed by atoms with Crippen LogP contribution in [0.4, 0.5) is 0 Å². The van der Waals surface area contributed by atoms with Crippen molar-refractivity contribution in [2.75, 3.05) is 0 Å². The zero-order valence-electron chi connectivity index (χ0n) is 9.08. The molecule has 6 heteroatoms. The molecule has 0 aliphatic rings. The molecule has 0 saturated carbocycles. The SMILES string of the molecule is Cc1oc(Cn2cccnc2=O)cc1C(=O)O. The number of aromatic nitrogens is 2. The molecule has 2 heterocycles. The summed E-state index contributed by atoms with van der Waals surface area (Å²) >= 11 is 0. The third kappa shape index (κ3) is 2.25. The molecule has 0 atom stereocenters. The highest BCUT2D eigenvalue weighted by atomic mass is 16.4. The van der Waals surface area contributed by atoms with Gasteiger partial charge in [-0.15, -0.1) is 0 Å². The first-order valence-corrected chi connectivity index (χ1v) is 4.92. The number of carbonyl (C=O) groups is 1. The van der Waals surface area contributed by atoms with Gasteiger partial charge in [-0.1, -0.05) is 0 Å². The van der Waals surface area contributed by atoms with Crippen molar-refractivity contribution < 1.29 is 14.3 Å². The molecule has 1 N–H and O–H groups in total. The number of nitrogens with zero attached hydrogens (tertiary/aromatic N) is 2. The van der Waals surface area contributed by atoms with E-state index in [1.54, 1.807) is 19.2 Å². The molecular formula is C11H10N2O4. The summed E-state index contributed by atoms with van der Waals surface area (Å²) in [5.74, 6) is -0.310. The van der Waals surface area contributed by atoms with E-state index in [9.17, 15) is 9.59 Å². The predicted molar refractivity (Wildman–Crippen MR) is 58.0 cm³/mol. The molecule has 0 aliphatic heterocycles. The van der Waals surface area contributed by atoms with Gasteiger partial charge in [0.2, 0.25) is 0 Å². The molecule has 2 rings (SSSR count). The van der Waals surface area contributed by atoms with Gasteiger partial charge in [0.15, 0.2) is 0 Å². The number of rotatable bonds is 3. The van der Waals surface area contributed by atoms with E-state index in [0.29, 0.717) is 11.5 Å². The van der Waals surface area contributed by atoms with Crippen LogP contribution in [0, 0.1) is 6.92 Å². The Bertz CT molecular complexity index is 612. The third-order valence-corrected chi connectivity index (χ3v) is 2.31. The highest BCUT2D eigenvalue weighted by Crippen LogP contribution is 2.15. The molecule has 6 nitrogen and oxygen atoms in total. The van der Waals surface area contributed by atoms with Crippen LogP contribution in [0.2, 0.25) is 0 Å². The third-order valence-electron chi connectivity index (χ3n) is 2.31. The molecule has 0 aliphatic carbocycles. The summed E-state index contributed by atoms with van der Waals surface area (Å²) in [6.07, 6.45) is 2.96. The lowest BCUT2D eigenvalue weighted by atomic mass is 10.2. The minimum Gasteiger partial charge on any atom is -0.478 e. The topological polar surface area (TPSA) is 85.3 Å². The molecular weight excluding hydrogens is 224 g/mol. The minimum atomic E-state index is -1.05. The summed E-state index contributed by atoms with van der Waals surface area (Å²) in [5.41, 5.74) is -0.296. The number of furan rings is 1. The maximum absolute atomic E-state index is 11.3. The van der Waals surface area contributed by atoms with Crippen LogP contribution < -0.4 is 5.69 Å². The van der Waals surface area contributed by atoms with Crippen LogP contribution in [-0.4, -0.2) is 20.6 Å². The maximum Gasteiger partial charge on any atom is 0.347 e. The van der Waals surface area contributed by atoms with Gasteiger partial charge in [-0.25, -0.2) is 14.6 Å². The Kier molecular flexibility index (Phi) is 2.78. The fraction of sp³-hybridized carbons (Fsp3) is 0.182. The monoisotopic (exact) mass is 234 g/mol. The summed E-state index contributed by atoms with van der Waals surface area (Å²) in [5, 5.41) is 8.86. The van der Waals surface area contributed by atoms with Crippen molar-refractivity contribution in [1.82, 2.24) is 9.55 Å². The van der Waals surface area contributed by atoms with Gasteiger partial charge in [0.25, 0.3) is 0 Å². The fourth-order valence-electron chi connectivity index (χ4n) is 1.51. The van der Waals surface area contributed by atoms with E-state index in [1.807, 2.05) is 0 Å². The molecule has 0 aromatic carbocycles. The number of carboxylic acid groups (broad SMARTS) is 1. The Hall–Kier alpha value is -2.37. The van der Waals surface area contributed by atoms with E-state index < -0.39 is 11.7 Å². The predicted octanol–water partition coefficient (Wildman–Crippen LogP) is 0.891. The lowest BCUT2D eigenvalue weighted by Gasteiger charge is -1.99. The first-order chi connectivity index (χ1) is 8.08. The molecule has 0 saturated heterocycles. The summed E-state index contributed by atoms with van der Waals surface area (Å²) in [6, 6.07) is 3.03. The van der Waals surface area contributed by atoms with Gasteiger partial charge < -0.3 is 9.52 Å². The van der Waals surface area contributed by atoms with Crippen LogP contribution in [0.1, 0.15) is 21.9 Å². The molecule has 2 aromatic rings. The second-order valence-corrected chi connectivity index (χ2v) is 3.52. The normalized spacial score (nSPS) is 10.4. The summed E-state index contributed by atoms with van der Waals surface area (Å²) in [6.45, 7) is 1.74. The largest absolute Gasteiger partial charge is 0.478 e. The number of aromatic carboxylic acids is 1. The molecule has 0 unspecified atom stereocenters. The first-order valence-electron chi connectivity index (χ1n) is 4.92. The van der Waals surface area contributed by atoms with Crippen LogP contribution in [-0.2, 0) is 6.54 Å². The Morgan fingerprint density at radius 1 is 1.59 bits per heavy atom. The smallest absolute Gasteiger partial charge is 0.347 e. The van der Waals surface area contributed by atoms with Crippen molar-refractivity contribution in [3.05, 3.63) is 52.1 Å². The fourth-order valence-corrected chi connectivity index (χ4v) is 1.51. The van der Waals surface area contributed by atoms with Crippen LogP contribution in [0.5, 0.6) is 0 Å². The van der Waals surface area contributed by atoms with Crippen molar-refractivity contribution in [3.8, 4) is 0 Å². The first kappa shape index (κ1) is 11.1. The molecule has 0 radical (unpaired) electrons. The number of aryl methyl sites for hydroxylation is 1. The van der Waals surface area contributed by atoms with Gasteiger partial charge in [0.05, 0.1) is 6.54 Å². The molecule has 0 bridgehead atoms. The standard InChI is InChI=1S/C11H10N2O4/c1-7-9(10(14)15)5-8(17-7)6-13-4-2-3-12-11(13)16/h2-5H,6H2,1H3,(H,14,15). The van der Waals surface area contributed by atoms with E-state index in [2.05, 4.69) is 4.98 Å². The highest BCUT2D eigenvalue weighted by Gasteiger charge is 2.13. The van der Waals surface area contributed by atoms with Crippen LogP contribution >= 0.6 is 0 Å². The number of hydrogen-bond donors (Lipinski definition) is 1. The highest BCUT2D eigenvalue weighted by molar-refractivity contribution is 5.88. The van der Waals surface area contributed by atoms with Gasteiger partial charge in [-0.05, 0) is 19.1 Å². The minimum absolute atomic E-state index is 0.108.